The highest BCUT2D eigenvalue weighted by Gasteiger charge is 2.34. The topological polar surface area (TPSA) is 93.0 Å². The fourth-order valence-corrected chi connectivity index (χ4v) is 3.27. The second kappa shape index (κ2) is 6.56. The summed E-state index contributed by atoms with van der Waals surface area (Å²) >= 11 is 1.10. The van der Waals surface area contributed by atoms with Crippen LogP contribution in [0.4, 0.5) is 18.0 Å². The van der Waals surface area contributed by atoms with Crippen LogP contribution in [-0.2, 0) is 6.18 Å². The Bertz CT molecular complexity index is 965. The van der Waals surface area contributed by atoms with E-state index in [1.807, 2.05) is 0 Å². The summed E-state index contributed by atoms with van der Waals surface area (Å²) in [5, 5.41) is 12.4. The van der Waals surface area contributed by atoms with Gasteiger partial charge in [-0.2, -0.15) is 18.3 Å². The second-order valence-electron chi connectivity index (χ2n) is 5.58. The van der Waals surface area contributed by atoms with Gasteiger partial charge in [0.1, 0.15) is 0 Å². The van der Waals surface area contributed by atoms with Crippen LogP contribution in [0.25, 0.3) is 17.0 Å². The summed E-state index contributed by atoms with van der Waals surface area (Å²) in [6.45, 7) is 3.61. The van der Waals surface area contributed by atoms with Gasteiger partial charge in [-0.3, -0.25) is 0 Å². The van der Waals surface area contributed by atoms with Crippen molar-refractivity contribution in [2.24, 2.45) is 0 Å². The number of hydrogen-bond acceptors (Lipinski definition) is 5. The molecule has 138 valence electrons. The van der Waals surface area contributed by atoms with Crippen LogP contribution in [0.15, 0.2) is 29.4 Å². The quantitative estimate of drug-likeness (QED) is 0.512. The molecule has 2 aromatic heterocycles. The van der Waals surface area contributed by atoms with E-state index in [0.29, 0.717) is 5.52 Å². The lowest BCUT2D eigenvalue weighted by Crippen LogP contribution is -2.07. The van der Waals surface area contributed by atoms with Crippen LogP contribution in [0.1, 0.15) is 19.4 Å². The Morgan fingerprint density at radius 3 is 2.73 bits per heavy atom. The number of nitrogens with one attached hydrogen (secondary N) is 1. The van der Waals surface area contributed by atoms with E-state index in [1.165, 1.54) is 16.9 Å². The minimum atomic E-state index is -4.50. The van der Waals surface area contributed by atoms with Gasteiger partial charge in [-0.1, -0.05) is 13.8 Å². The molecule has 11 heteroatoms. The molecule has 0 bridgehead atoms. The molecule has 0 radical (unpaired) electrons. The van der Waals surface area contributed by atoms with Gasteiger partial charge in [-0.05, 0) is 12.1 Å². The summed E-state index contributed by atoms with van der Waals surface area (Å²) in [6.07, 6.45) is -3.59. The molecule has 2 heterocycles. The van der Waals surface area contributed by atoms with Gasteiger partial charge in [0.05, 0.1) is 29.0 Å². The summed E-state index contributed by atoms with van der Waals surface area (Å²) in [4.78, 5) is 17.6. The first kappa shape index (κ1) is 18.1. The maximum absolute atomic E-state index is 13.3. The summed E-state index contributed by atoms with van der Waals surface area (Å²) < 4.78 is 45.7. The molecule has 0 saturated carbocycles. The molecule has 0 aliphatic carbocycles. The first-order valence-electron chi connectivity index (χ1n) is 7.37. The number of thioether (sulfide) groups is 1. The Labute approximate surface area is 149 Å². The van der Waals surface area contributed by atoms with Crippen molar-refractivity contribution >= 4 is 29.0 Å². The van der Waals surface area contributed by atoms with Gasteiger partial charge in [0.2, 0.25) is 5.95 Å². The van der Waals surface area contributed by atoms with Crippen molar-refractivity contribution < 1.29 is 27.8 Å². The predicted octanol–water partition coefficient (Wildman–Crippen LogP) is 4.32. The Hall–Kier alpha value is -2.69. The Balaban J connectivity index is 2.05. The number of alkyl halides is 3. The molecule has 26 heavy (non-hydrogen) atoms. The van der Waals surface area contributed by atoms with E-state index >= 15 is 0 Å². The largest absolute Gasteiger partial charge is 0.511 e. The number of H-pyrrole nitrogens is 1. The number of fused-ring (bicyclic) bond motifs is 1. The van der Waals surface area contributed by atoms with Gasteiger partial charge < -0.3 is 14.8 Å². The summed E-state index contributed by atoms with van der Waals surface area (Å²) in [5.74, 6) is 0.102. The summed E-state index contributed by atoms with van der Waals surface area (Å²) in [5.41, 5.74) is -0.210. The molecule has 7 nitrogen and oxygen atoms in total. The van der Waals surface area contributed by atoms with Gasteiger partial charge >= 0.3 is 12.3 Å². The monoisotopic (exact) mass is 386 g/mol. The number of ether oxygens (including phenoxy) is 1. The van der Waals surface area contributed by atoms with Gasteiger partial charge in [0.15, 0.2) is 5.75 Å². The molecule has 0 atom stereocenters. The molecular formula is C15H13F3N4O3S. The van der Waals surface area contributed by atoms with Gasteiger partial charge in [0, 0.05) is 10.1 Å². The van der Waals surface area contributed by atoms with E-state index in [9.17, 15) is 18.0 Å². The fraction of sp³-hybridized carbons (Fsp3) is 0.267. The number of aromatic amines is 1. The lowest BCUT2D eigenvalue weighted by Gasteiger charge is -2.13. The first-order chi connectivity index (χ1) is 12.1. The van der Waals surface area contributed by atoms with Crippen molar-refractivity contribution in [1.82, 2.24) is 19.7 Å². The van der Waals surface area contributed by atoms with Gasteiger partial charge in [-0.25, -0.2) is 14.5 Å². The highest BCUT2D eigenvalue weighted by Crippen LogP contribution is 2.40. The standard InChI is InChI=1S/C15H13F3N4O3S/c1-7(2)26-12-4-11-10(3-9(12)15(16,17)18)20-13(21-11)22-6-8(5-19-22)25-14(23)24/h3-7H,1-2H3,(H,20,21)(H,23,24). The first-order valence-corrected chi connectivity index (χ1v) is 8.25. The number of nitrogens with zero attached hydrogens (tertiary/aromatic N) is 3. The van der Waals surface area contributed by atoms with Crippen LogP contribution in [0.3, 0.4) is 0 Å². The molecule has 0 aliphatic heterocycles. The molecule has 2 N–H and O–H groups in total. The third-order valence-electron chi connectivity index (χ3n) is 3.22. The van der Waals surface area contributed by atoms with Gasteiger partial charge in [-0.15, -0.1) is 11.8 Å². The highest BCUT2D eigenvalue weighted by atomic mass is 32.2. The van der Waals surface area contributed by atoms with Crippen molar-refractivity contribution in [2.75, 3.05) is 0 Å². The van der Waals surface area contributed by atoms with Gasteiger partial charge in [0.25, 0.3) is 0 Å². The number of carbonyl (C=O) groups is 1. The van der Waals surface area contributed by atoms with Crippen LogP contribution >= 0.6 is 11.8 Å². The number of imidazole rings is 1. The number of halogens is 3. The number of benzene rings is 1. The molecule has 0 fully saturated rings. The molecule has 3 rings (SSSR count). The lowest BCUT2D eigenvalue weighted by molar-refractivity contribution is -0.139. The number of rotatable bonds is 4. The zero-order valence-electron chi connectivity index (χ0n) is 13.5. The number of carboxylic acid groups (broad SMARTS) is 1. The lowest BCUT2D eigenvalue weighted by atomic mass is 10.2. The van der Waals surface area contributed by atoms with Crippen molar-refractivity contribution in [3.05, 3.63) is 30.1 Å². The van der Waals surface area contributed by atoms with Crippen LogP contribution in [0, 0.1) is 0 Å². The Morgan fingerprint density at radius 1 is 1.38 bits per heavy atom. The van der Waals surface area contributed by atoms with Crippen LogP contribution in [0.2, 0.25) is 0 Å². The molecule has 0 saturated heterocycles. The molecule has 0 amide bonds. The summed E-state index contributed by atoms with van der Waals surface area (Å²) in [6, 6.07) is 2.38. The molecule has 0 aliphatic rings. The van der Waals surface area contributed by atoms with E-state index in [2.05, 4.69) is 19.8 Å². The molecule has 3 aromatic rings. The molecule has 0 unspecified atom stereocenters. The number of hydrogen-bond donors (Lipinski definition) is 2. The van der Waals surface area contributed by atoms with E-state index < -0.39 is 17.9 Å². The average molecular weight is 386 g/mol. The average Bonchev–Trinajstić information content (AvgIpc) is 3.09. The highest BCUT2D eigenvalue weighted by molar-refractivity contribution is 8.00. The van der Waals surface area contributed by atoms with Crippen LogP contribution in [0.5, 0.6) is 5.75 Å². The normalized spacial score (nSPS) is 12.1. The Kier molecular flexibility index (Phi) is 4.57. The molecule has 0 spiro atoms. The number of aromatic nitrogens is 4. The third-order valence-corrected chi connectivity index (χ3v) is 4.28. The van der Waals surface area contributed by atoms with E-state index in [1.54, 1.807) is 13.8 Å². The smallest absolute Gasteiger partial charge is 0.449 e. The zero-order chi connectivity index (χ0) is 19.1. The van der Waals surface area contributed by atoms with E-state index in [-0.39, 0.29) is 27.4 Å². The third kappa shape index (κ3) is 3.77. The predicted molar refractivity (Wildman–Crippen MR) is 87.9 cm³/mol. The summed E-state index contributed by atoms with van der Waals surface area (Å²) in [7, 11) is 0. The minimum Gasteiger partial charge on any atom is -0.449 e. The van der Waals surface area contributed by atoms with Crippen molar-refractivity contribution in [3.63, 3.8) is 0 Å². The van der Waals surface area contributed by atoms with Crippen LogP contribution < -0.4 is 4.74 Å². The van der Waals surface area contributed by atoms with Crippen molar-refractivity contribution in [1.29, 1.82) is 0 Å². The molecule has 1 aromatic carbocycles. The van der Waals surface area contributed by atoms with Crippen molar-refractivity contribution in [3.8, 4) is 11.7 Å². The van der Waals surface area contributed by atoms with Crippen LogP contribution in [-0.4, -0.2) is 36.3 Å². The SMILES string of the molecule is CC(C)Sc1cc2nc(-n3cc(OC(=O)O)cn3)[nH]c2cc1C(F)(F)F. The van der Waals surface area contributed by atoms with E-state index in [0.717, 1.165) is 24.0 Å². The fourth-order valence-electron chi connectivity index (χ4n) is 2.28. The zero-order valence-corrected chi connectivity index (χ0v) is 14.4. The second-order valence-corrected chi connectivity index (χ2v) is 7.20. The van der Waals surface area contributed by atoms with E-state index in [4.69, 9.17) is 5.11 Å². The maximum atomic E-state index is 13.3. The Morgan fingerprint density at radius 2 is 2.12 bits per heavy atom. The van der Waals surface area contributed by atoms with Crippen molar-refractivity contribution in [2.45, 2.75) is 30.2 Å². The molecular weight excluding hydrogens is 373 g/mol. The maximum Gasteiger partial charge on any atom is 0.511 e. The minimum absolute atomic E-state index is 0.0335.